The lowest BCUT2D eigenvalue weighted by molar-refractivity contribution is 0.272. The first-order chi connectivity index (χ1) is 10.2. The lowest BCUT2D eigenvalue weighted by Crippen LogP contribution is -2.28. The molecule has 2 aromatic heterocycles. The van der Waals surface area contributed by atoms with Gasteiger partial charge in [0.1, 0.15) is 23.6 Å². The molecule has 3 atom stereocenters. The largest absolute Gasteiger partial charge is 0.464 e. The Balaban J connectivity index is 1.77. The second-order valence-corrected chi connectivity index (χ2v) is 6.99. The number of furan rings is 1. The number of amidine groups is 1. The zero-order chi connectivity index (χ0) is 14.4. The van der Waals surface area contributed by atoms with Gasteiger partial charge in [-0.3, -0.25) is 4.98 Å². The number of fused-ring (bicyclic) bond motifs is 1. The van der Waals surface area contributed by atoms with Gasteiger partial charge in [-0.25, -0.2) is 4.99 Å². The molecule has 2 aliphatic heterocycles. The molecule has 0 aliphatic carbocycles. The van der Waals surface area contributed by atoms with Gasteiger partial charge in [-0.15, -0.1) is 0 Å². The summed E-state index contributed by atoms with van der Waals surface area (Å²) in [5.41, 5.74) is 1.01. The number of hydrogen-bond donors (Lipinski definition) is 0. The van der Waals surface area contributed by atoms with Gasteiger partial charge in [0.05, 0.1) is 5.69 Å². The van der Waals surface area contributed by atoms with Crippen molar-refractivity contribution < 1.29 is 4.42 Å². The van der Waals surface area contributed by atoms with Crippen molar-refractivity contribution in [1.82, 2.24) is 9.88 Å². The van der Waals surface area contributed by atoms with Gasteiger partial charge >= 0.3 is 0 Å². The standard InChI is InChI=1S/C16H17N3OS/c1-10-6-7-13(20-10)15-14(12-5-3-4-8-17-12)18-16-19(15)9-11(2)21-16/h3-8,11,14-15H,9H2,1-2H3/t11-,14-,15-/m1/s1. The maximum atomic E-state index is 5.91. The molecule has 2 aromatic rings. The number of pyridine rings is 1. The summed E-state index contributed by atoms with van der Waals surface area (Å²) in [5.74, 6) is 1.93. The molecular weight excluding hydrogens is 282 g/mol. The van der Waals surface area contributed by atoms with Crippen molar-refractivity contribution >= 4 is 16.9 Å². The highest BCUT2D eigenvalue weighted by Crippen LogP contribution is 2.47. The summed E-state index contributed by atoms with van der Waals surface area (Å²) in [5, 5.41) is 1.70. The summed E-state index contributed by atoms with van der Waals surface area (Å²) in [4.78, 5) is 11.8. The average Bonchev–Trinajstić information content (AvgIpc) is 3.13. The molecule has 2 aliphatic rings. The van der Waals surface area contributed by atoms with E-state index in [1.165, 1.54) is 0 Å². The van der Waals surface area contributed by atoms with Crippen molar-refractivity contribution in [2.45, 2.75) is 31.2 Å². The molecule has 0 N–H and O–H groups in total. The minimum Gasteiger partial charge on any atom is -0.464 e. The topological polar surface area (TPSA) is 41.6 Å². The summed E-state index contributed by atoms with van der Waals surface area (Å²) in [6, 6.07) is 10.3. The Bertz CT molecular complexity index is 682. The van der Waals surface area contributed by atoms with E-state index in [1.807, 2.05) is 49.1 Å². The monoisotopic (exact) mass is 299 g/mol. The van der Waals surface area contributed by atoms with E-state index in [1.54, 1.807) is 0 Å². The SMILES string of the molecule is Cc1ccc([C@@H]2[C@@H](c3ccccn3)N=C3S[C@H](C)CN32)o1. The van der Waals surface area contributed by atoms with E-state index in [0.29, 0.717) is 5.25 Å². The van der Waals surface area contributed by atoms with Crippen LogP contribution in [0.5, 0.6) is 0 Å². The van der Waals surface area contributed by atoms with E-state index in [-0.39, 0.29) is 12.1 Å². The van der Waals surface area contributed by atoms with Gasteiger partial charge in [0.2, 0.25) is 0 Å². The van der Waals surface area contributed by atoms with E-state index < -0.39 is 0 Å². The first kappa shape index (κ1) is 13.0. The van der Waals surface area contributed by atoms with Crippen LogP contribution in [0.25, 0.3) is 0 Å². The van der Waals surface area contributed by atoms with Crippen LogP contribution in [0.3, 0.4) is 0 Å². The summed E-state index contributed by atoms with van der Waals surface area (Å²) in [6.07, 6.45) is 1.83. The molecule has 4 nitrogen and oxygen atoms in total. The molecule has 0 radical (unpaired) electrons. The summed E-state index contributed by atoms with van der Waals surface area (Å²) in [7, 11) is 0. The number of thioether (sulfide) groups is 1. The van der Waals surface area contributed by atoms with Gasteiger partial charge in [-0.2, -0.15) is 0 Å². The lowest BCUT2D eigenvalue weighted by Gasteiger charge is -2.25. The summed E-state index contributed by atoms with van der Waals surface area (Å²) >= 11 is 1.85. The van der Waals surface area contributed by atoms with E-state index >= 15 is 0 Å². The molecule has 21 heavy (non-hydrogen) atoms. The molecule has 0 amide bonds. The number of aromatic nitrogens is 1. The Morgan fingerprint density at radius 3 is 2.90 bits per heavy atom. The van der Waals surface area contributed by atoms with E-state index in [0.717, 1.165) is 28.9 Å². The Morgan fingerprint density at radius 1 is 1.29 bits per heavy atom. The Morgan fingerprint density at radius 2 is 2.19 bits per heavy atom. The average molecular weight is 299 g/mol. The first-order valence-corrected chi connectivity index (χ1v) is 8.09. The highest BCUT2D eigenvalue weighted by Gasteiger charge is 2.44. The molecule has 0 aromatic carbocycles. The van der Waals surface area contributed by atoms with E-state index in [9.17, 15) is 0 Å². The van der Waals surface area contributed by atoms with Crippen LogP contribution in [0.2, 0.25) is 0 Å². The Kier molecular flexibility index (Phi) is 3.03. The molecule has 4 heterocycles. The third-order valence-corrected chi connectivity index (χ3v) is 5.04. The number of hydrogen-bond acceptors (Lipinski definition) is 5. The molecule has 0 unspecified atom stereocenters. The predicted molar refractivity (Wildman–Crippen MR) is 84.4 cm³/mol. The number of rotatable bonds is 2. The fourth-order valence-electron chi connectivity index (χ4n) is 3.04. The third-order valence-electron chi connectivity index (χ3n) is 3.93. The van der Waals surface area contributed by atoms with Crippen molar-refractivity contribution in [1.29, 1.82) is 0 Å². The van der Waals surface area contributed by atoms with Crippen molar-refractivity contribution in [3.8, 4) is 0 Å². The number of nitrogens with zero attached hydrogens (tertiary/aromatic N) is 3. The van der Waals surface area contributed by atoms with Crippen LogP contribution < -0.4 is 0 Å². The molecule has 108 valence electrons. The fraction of sp³-hybridized carbons (Fsp3) is 0.375. The highest BCUT2D eigenvalue weighted by molar-refractivity contribution is 8.14. The zero-order valence-electron chi connectivity index (χ0n) is 12.1. The molecule has 5 heteroatoms. The van der Waals surface area contributed by atoms with Crippen LogP contribution in [-0.4, -0.2) is 26.8 Å². The quantitative estimate of drug-likeness (QED) is 0.850. The second-order valence-electron chi connectivity index (χ2n) is 5.59. The van der Waals surface area contributed by atoms with E-state index in [2.05, 4.69) is 22.9 Å². The van der Waals surface area contributed by atoms with Gasteiger partial charge in [0.25, 0.3) is 0 Å². The minimum absolute atomic E-state index is 0.0201. The van der Waals surface area contributed by atoms with Crippen LogP contribution in [0, 0.1) is 6.92 Å². The Hall–Kier alpha value is -1.75. The maximum Gasteiger partial charge on any atom is 0.161 e. The summed E-state index contributed by atoms with van der Waals surface area (Å²) in [6.45, 7) is 5.24. The van der Waals surface area contributed by atoms with Crippen molar-refractivity contribution in [3.63, 3.8) is 0 Å². The first-order valence-electron chi connectivity index (χ1n) is 7.21. The van der Waals surface area contributed by atoms with Crippen molar-refractivity contribution in [2.24, 2.45) is 4.99 Å². The van der Waals surface area contributed by atoms with Crippen molar-refractivity contribution in [3.05, 3.63) is 53.7 Å². The molecule has 0 bridgehead atoms. The maximum absolute atomic E-state index is 5.91. The molecule has 1 saturated heterocycles. The molecule has 0 saturated carbocycles. The number of aryl methyl sites for hydroxylation is 1. The van der Waals surface area contributed by atoms with Crippen LogP contribution in [0.1, 0.15) is 36.2 Å². The molecule has 1 fully saturated rings. The minimum atomic E-state index is 0.0201. The van der Waals surface area contributed by atoms with Gasteiger partial charge in [0, 0.05) is 18.0 Å². The molecular formula is C16H17N3OS. The molecule has 4 rings (SSSR count). The molecule has 0 spiro atoms. The zero-order valence-corrected chi connectivity index (χ0v) is 12.9. The van der Waals surface area contributed by atoms with Gasteiger partial charge in [-0.1, -0.05) is 24.8 Å². The summed E-state index contributed by atoms with van der Waals surface area (Å²) < 4.78 is 5.91. The van der Waals surface area contributed by atoms with Gasteiger partial charge in [0.15, 0.2) is 5.17 Å². The van der Waals surface area contributed by atoms with Crippen LogP contribution in [-0.2, 0) is 0 Å². The normalized spacial score (nSPS) is 27.8. The van der Waals surface area contributed by atoms with E-state index in [4.69, 9.17) is 9.41 Å². The number of aliphatic imine (C=N–C) groups is 1. The Labute approximate surface area is 128 Å². The van der Waals surface area contributed by atoms with Gasteiger partial charge in [-0.05, 0) is 31.2 Å². The van der Waals surface area contributed by atoms with Crippen LogP contribution in [0.15, 0.2) is 45.9 Å². The second kappa shape index (κ2) is 4.91. The predicted octanol–water partition coefficient (Wildman–Crippen LogP) is 3.57. The van der Waals surface area contributed by atoms with Crippen molar-refractivity contribution in [2.75, 3.05) is 6.54 Å². The third kappa shape index (κ3) is 2.16. The van der Waals surface area contributed by atoms with Crippen LogP contribution in [0.4, 0.5) is 0 Å². The van der Waals surface area contributed by atoms with Gasteiger partial charge < -0.3 is 9.32 Å². The smallest absolute Gasteiger partial charge is 0.161 e. The fourth-order valence-corrected chi connectivity index (χ4v) is 4.13. The highest BCUT2D eigenvalue weighted by atomic mass is 32.2. The lowest BCUT2D eigenvalue weighted by atomic mass is 10.0. The van der Waals surface area contributed by atoms with Crippen LogP contribution >= 0.6 is 11.8 Å².